The van der Waals surface area contributed by atoms with Gasteiger partial charge in [0.05, 0.1) is 0 Å². The second kappa shape index (κ2) is 6.41. The van der Waals surface area contributed by atoms with Crippen LogP contribution < -0.4 is 5.32 Å². The lowest BCUT2D eigenvalue weighted by molar-refractivity contribution is 0.303. The van der Waals surface area contributed by atoms with E-state index in [9.17, 15) is 0 Å². The van der Waals surface area contributed by atoms with Gasteiger partial charge in [0.15, 0.2) is 0 Å². The molecule has 0 spiro atoms. The van der Waals surface area contributed by atoms with E-state index in [0.29, 0.717) is 6.04 Å². The third-order valence-electron chi connectivity index (χ3n) is 3.63. The van der Waals surface area contributed by atoms with Crippen molar-refractivity contribution in [1.82, 2.24) is 5.32 Å². The molecule has 0 aliphatic heterocycles. The molecule has 0 bridgehead atoms. The molecule has 1 aromatic heterocycles. The van der Waals surface area contributed by atoms with Crippen LogP contribution in [0.25, 0.3) is 0 Å². The van der Waals surface area contributed by atoms with Gasteiger partial charge in [0, 0.05) is 10.9 Å². The molecule has 2 heteroatoms. The molecule has 1 N–H and O–H groups in total. The van der Waals surface area contributed by atoms with Crippen LogP contribution in [0.5, 0.6) is 0 Å². The van der Waals surface area contributed by atoms with Gasteiger partial charge < -0.3 is 5.32 Å². The van der Waals surface area contributed by atoms with Gasteiger partial charge in [0.2, 0.25) is 0 Å². The highest BCUT2D eigenvalue weighted by molar-refractivity contribution is 7.10. The Balaban J connectivity index is 1.91. The lowest BCUT2D eigenvalue weighted by Crippen LogP contribution is -2.23. The maximum Gasteiger partial charge on any atom is 0.0417 e. The second-order valence-electron chi connectivity index (χ2n) is 4.87. The van der Waals surface area contributed by atoms with E-state index in [4.69, 9.17) is 0 Å². The molecule has 1 nitrogen and oxygen atoms in total. The summed E-state index contributed by atoms with van der Waals surface area (Å²) in [6, 6.07) is 5.06. The minimum atomic E-state index is 0.605. The zero-order valence-electron chi connectivity index (χ0n) is 10.2. The molecule has 0 aromatic carbocycles. The lowest BCUT2D eigenvalue weighted by atomic mass is 9.84. The molecule has 1 atom stereocenters. The summed E-state index contributed by atoms with van der Waals surface area (Å²) in [4.78, 5) is 1.52. The summed E-state index contributed by atoms with van der Waals surface area (Å²) in [5.74, 6) is 0.958. The highest BCUT2D eigenvalue weighted by atomic mass is 32.1. The van der Waals surface area contributed by atoms with E-state index in [1.165, 1.54) is 43.4 Å². The molecule has 90 valence electrons. The Morgan fingerprint density at radius 3 is 2.81 bits per heavy atom. The van der Waals surface area contributed by atoms with Gasteiger partial charge in [-0.2, -0.15) is 0 Å². The van der Waals surface area contributed by atoms with Gasteiger partial charge >= 0.3 is 0 Å². The molecular formula is C14H23NS. The first-order valence-electron chi connectivity index (χ1n) is 6.67. The van der Waals surface area contributed by atoms with E-state index < -0.39 is 0 Å². The van der Waals surface area contributed by atoms with Gasteiger partial charge in [-0.25, -0.2) is 0 Å². The number of nitrogens with one attached hydrogen (secondary N) is 1. The number of thiophene rings is 1. The zero-order chi connectivity index (χ0) is 11.2. The molecule has 1 unspecified atom stereocenters. The Morgan fingerprint density at radius 2 is 2.19 bits per heavy atom. The van der Waals surface area contributed by atoms with Crippen LogP contribution in [-0.4, -0.2) is 6.54 Å². The Bertz CT molecular complexity index is 275. The fourth-order valence-corrected chi connectivity index (χ4v) is 3.61. The largest absolute Gasteiger partial charge is 0.310 e. The van der Waals surface area contributed by atoms with Gasteiger partial charge in [-0.05, 0) is 30.3 Å². The van der Waals surface area contributed by atoms with Crippen molar-refractivity contribution in [1.29, 1.82) is 0 Å². The summed E-state index contributed by atoms with van der Waals surface area (Å²) in [6.45, 7) is 3.29. The maximum absolute atomic E-state index is 3.64. The smallest absolute Gasteiger partial charge is 0.0417 e. The van der Waals surface area contributed by atoms with Crippen LogP contribution in [0.15, 0.2) is 17.5 Å². The van der Waals surface area contributed by atoms with E-state index in [0.717, 1.165) is 12.5 Å². The standard InChI is InChI=1S/C14H23NS/c1-2-15-13(14-9-6-10-16-14)11-12-7-4-3-5-8-12/h6,9-10,12-13,15H,2-5,7-8,11H2,1H3. The van der Waals surface area contributed by atoms with Crippen molar-refractivity contribution in [3.05, 3.63) is 22.4 Å². The van der Waals surface area contributed by atoms with Crippen LogP contribution in [0.2, 0.25) is 0 Å². The molecule has 1 aliphatic carbocycles. The van der Waals surface area contributed by atoms with E-state index in [-0.39, 0.29) is 0 Å². The van der Waals surface area contributed by atoms with Crippen LogP contribution in [0.1, 0.15) is 56.4 Å². The van der Waals surface area contributed by atoms with Gasteiger partial charge in [-0.15, -0.1) is 11.3 Å². The minimum absolute atomic E-state index is 0.605. The topological polar surface area (TPSA) is 12.0 Å². The van der Waals surface area contributed by atoms with Crippen molar-refractivity contribution in [3.8, 4) is 0 Å². The van der Waals surface area contributed by atoms with E-state index in [1.807, 2.05) is 11.3 Å². The SMILES string of the molecule is CCNC(CC1CCCCC1)c1cccs1. The molecule has 16 heavy (non-hydrogen) atoms. The normalized spacial score (nSPS) is 19.8. The molecule has 1 aliphatic rings. The van der Waals surface area contributed by atoms with Crippen molar-refractivity contribution in [2.45, 2.75) is 51.5 Å². The first-order valence-corrected chi connectivity index (χ1v) is 7.55. The van der Waals surface area contributed by atoms with Crippen LogP contribution in [0.3, 0.4) is 0 Å². The Hall–Kier alpha value is -0.340. The summed E-state index contributed by atoms with van der Waals surface area (Å²) in [7, 11) is 0. The third-order valence-corrected chi connectivity index (χ3v) is 4.62. The first-order chi connectivity index (χ1) is 7.90. The fourth-order valence-electron chi connectivity index (χ4n) is 2.79. The van der Waals surface area contributed by atoms with Gasteiger partial charge in [0.1, 0.15) is 0 Å². The molecule has 0 amide bonds. The van der Waals surface area contributed by atoms with Crippen LogP contribution in [0.4, 0.5) is 0 Å². The quantitative estimate of drug-likeness (QED) is 0.802. The molecule has 1 heterocycles. The number of hydrogen-bond donors (Lipinski definition) is 1. The van der Waals surface area contributed by atoms with Crippen molar-refractivity contribution in [3.63, 3.8) is 0 Å². The molecule has 2 rings (SSSR count). The van der Waals surface area contributed by atoms with E-state index >= 15 is 0 Å². The Labute approximate surface area is 103 Å². The van der Waals surface area contributed by atoms with Crippen LogP contribution in [0, 0.1) is 5.92 Å². The van der Waals surface area contributed by atoms with E-state index in [2.05, 4.69) is 29.8 Å². The summed E-state index contributed by atoms with van der Waals surface area (Å²) in [6.07, 6.45) is 8.61. The molecule has 1 fully saturated rings. The first kappa shape index (κ1) is 12.1. The lowest BCUT2D eigenvalue weighted by Gasteiger charge is -2.26. The van der Waals surface area contributed by atoms with E-state index in [1.54, 1.807) is 0 Å². The highest BCUT2D eigenvalue weighted by Crippen LogP contribution is 2.33. The van der Waals surface area contributed by atoms with Crippen molar-refractivity contribution < 1.29 is 0 Å². The summed E-state index contributed by atoms with van der Waals surface area (Å²) in [5.41, 5.74) is 0. The number of hydrogen-bond acceptors (Lipinski definition) is 2. The molecular weight excluding hydrogens is 214 g/mol. The highest BCUT2D eigenvalue weighted by Gasteiger charge is 2.19. The fraction of sp³-hybridized carbons (Fsp3) is 0.714. The zero-order valence-corrected chi connectivity index (χ0v) is 11.1. The molecule has 0 saturated heterocycles. The maximum atomic E-state index is 3.64. The Morgan fingerprint density at radius 1 is 1.38 bits per heavy atom. The van der Waals surface area contributed by atoms with Crippen molar-refractivity contribution in [2.75, 3.05) is 6.54 Å². The van der Waals surface area contributed by atoms with Crippen LogP contribution >= 0.6 is 11.3 Å². The van der Waals surface area contributed by atoms with Gasteiger partial charge in [0.25, 0.3) is 0 Å². The monoisotopic (exact) mass is 237 g/mol. The summed E-state index contributed by atoms with van der Waals surface area (Å²) >= 11 is 1.90. The van der Waals surface area contributed by atoms with Crippen molar-refractivity contribution >= 4 is 11.3 Å². The van der Waals surface area contributed by atoms with Gasteiger partial charge in [-0.3, -0.25) is 0 Å². The minimum Gasteiger partial charge on any atom is -0.310 e. The van der Waals surface area contributed by atoms with Crippen molar-refractivity contribution in [2.24, 2.45) is 5.92 Å². The number of rotatable bonds is 5. The predicted molar refractivity (Wildman–Crippen MR) is 71.9 cm³/mol. The molecule has 0 radical (unpaired) electrons. The predicted octanol–water partition coefficient (Wildman–Crippen LogP) is 4.37. The third kappa shape index (κ3) is 3.33. The Kier molecular flexibility index (Phi) is 4.86. The van der Waals surface area contributed by atoms with Crippen LogP contribution in [-0.2, 0) is 0 Å². The van der Waals surface area contributed by atoms with Gasteiger partial charge in [-0.1, -0.05) is 45.1 Å². The average Bonchev–Trinajstić information content (AvgIpc) is 2.83. The average molecular weight is 237 g/mol. The summed E-state index contributed by atoms with van der Waals surface area (Å²) in [5, 5.41) is 5.84. The molecule has 1 saturated carbocycles. The molecule has 1 aromatic rings. The summed E-state index contributed by atoms with van der Waals surface area (Å²) < 4.78 is 0. The second-order valence-corrected chi connectivity index (χ2v) is 5.84.